The smallest absolute Gasteiger partial charge is 0.410 e. The fourth-order valence-electron chi connectivity index (χ4n) is 3.38. The van der Waals surface area contributed by atoms with Crippen LogP contribution in [-0.4, -0.2) is 62.7 Å². The maximum Gasteiger partial charge on any atom is 0.410 e. The van der Waals surface area contributed by atoms with E-state index in [-0.39, 0.29) is 18.3 Å². The SMILES string of the molecule is C[C@@H]1Cc2nn3c(c2CN1C(=O)OC(C)(C)C)C(=O)N(C)CC(F)(F)C3. The van der Waals surface area contributed by atoms with Crippen LogP contribution in [0.15, 0.2) is 0 Å². The maximum atomic E-state index is 14.1. The fourth-order valence-corrected chi connectivity index (χ4v) is 3.38. The van der Waals surface area contributed by atoms with Crippen molar-refractivity contribution >= 4 is 12.0 Å². The predicted octanol–water partition coefficient (Wildman–Crippen LogP) is 2.29. The Bertz CT molecular complexity index is 754. The third-order valence-electron chi connectivity index (χ3n) is 4.51. The first kappa shape index (κ1) is 18.6. The molecule has 0 bridgehead atoms. The van der Waals surface area contributed by atoms with E-state index < -0.39 is 36.6 Å². The second-order valence-electron chi connectivity index (χ2n) is 8.11. The van der Waals surface area contributed by atoms with Crippen LogP contribution in [0.5, 0.6) is 0 Å². The van der Waals surface area contributed by atoms with Gasteiger partial charge in [0.25, 0.3) is 11.8 Å². The van der Waals surface area contributed by atoms with Crippen LogP contribution in [0.1, 0.15) is 49.4 Å². The minimum absolute atomic E-state index is 0.117. The molecule has 3 rings (SSSR count). The molecule has 0 radical (unpaired) electrons. The molecule has 1 atom stereocenters. The van der Waals surface area contributed by atoms with Gasteiger partial charge in [-0.3, -0.25) is 9.48 Å². The molecule has 0 N–H and O–H groups in total. The quantitative estimate of drug-likeness (QED) is 0.703. The maximum absolute atomic E-state index is 14.1. The van der Waals surface area contributed by atoms with E-state index in [9.17, 15) is 18.4 Å². The second-order valence-corrected chi connectivity index (χ2v) is 8.11. The van der Waals surface area contributed by atoms with Crippen molar-refractivity contribution in [2.45, 2.75) is 64.8 Å². The summed E-state index contributed by atoms with van der Waals surface area (Å²) in [5.41, 5.74) is 0.612. The van der Waals surface area contributed by atoms with E-state index in [1.165, 1.54) is 11.9 Å². The molecular formula is C17H24F2N4O3. The average molecular weight is 370 g/mol. The normalized spacial score (nSPS) is 22.6. The zero-order chi connectivity index (χ0) is 19.4. The lowest BCUT2D eigenvalue weighted by atomic mass is 9.99. The van der Waals surface area contributed by atoms with Crippen LogP contribution in [0.3, 0.4) is 0 Å². The summed E-state index contributed by atoms with van der Waals surface area (Å²) in [5, 5.41) is 4.26. The van der Waals surface area contributed by atoms with Crippen LogP contribution >= 0.6 is 0 Å². The Kier molecular flexibility index (Phi) is 4.23. The summed E-state index contributed by atoms with van der Waals surface area (Å²) in [4.78, 5) is 27.7. The van der Waals surface area contributed by atoms with Gasteiger partial charge in [-0.2, -0.15) is 5.10 Å². The highest BCUT2D eigenvalue weighted by Crippen LogP contribution is 2.31. The molecule has 1 aromatic heterocycles. The Hall–Kier alpha value is -2.19. The van der Waals surface area contributed by atoms with E-state index in [4.69, 9.17) is 4.74 Å². The molecule has 3 heterocycles. The minimum atomic E-state index is -3.05. The van der Waals surface area contributed by atoms with Crippen LogP contribution in [-0.2, 0) is 24.2 Å². The monoisotopic (exact) mass is 370 g/mol. The zero-order valence-corrected chi connectivity index (χ0v) is 15.7. The lowest BCUT2D eigenvalue weighted by Crippen LogP contribution is -2.45. The number of halogens is 2. The molecule has 0 saturated heterocycles. The van der Waals surface area contributed by atoms with Gasteiger partial charge in [-0.25, -0.2) is 13.6 Å². The molecular weight excluding hydrogens is 346 g/mol. The molecule has 2 aliphatic rings. The van der Waals surface area contributed by atoms with E-state index in [2.05, 4.69) is 5.10 Å². The lowest BCUT2D eigenvalue weighted by molar-refractivity contribution is -0.0336. The van der Waals surface area contributed by atoms with Gasteiger partial charge >= 0.3 is 6.09 Å². The zero-order valence-electron chi connectivity index (χ0n) is 15.7. The van der Waals surface area contributed by atoms with Gasteiger partial charge < -0.3 is 14.5 Å². The Morgan fingerprint density at radius 1 is 1.31 bits per heavy atom. The molecule has 0 spiro atoms. The van der Waals surface area contributed by atoms with Crippen LogP contribution in [0.25, 0.3) is 0 Å². The molecule has 1 aromatic rings. The van der Waals surface area contributed by atoms with E-state index in [0.717, 1.165) is 9.58 Å². The van der Waals surface area contributed by atoms with Gasteiger partial charge in [0.2, 0.25) is 0 Å². The Balaban J connectivity index is 1.97. The van der Waals surface area contributed by atoms with Crippen molar-refractivity contribution < 1.29 is 23.1 Å². The minimum Gasteiger partial charge on any atom is -0.444 e. The number of carbonyl (C=O) groups excluding carboxylic acids is 2. The highest BCUT2D eigenvalue weighted by Gasteiger charge is 2.43. The van der Waals surface area contributed by atoms with Crippen LogP contribution in [0.2, 0.25) is 0 Å². The largest absolute Gasteiger partial charge is 0.444 e. The van der Waals surface area contributed by atoms with Gasteiger partial charge in [0.1, 0.15) is 17.8 Å². The van der Waals surface area contributed by atoms with Crippen molar-refractivity contribution in [2.75, 3.05) is 13.6 Å². The van der Waals surface area contributed by atoms with E-state index in [0.29, 0.717) is 17.7 Å². The number of ether oxygens (including phenoxy) is 1. The summed E-state index contributed by atoms with van der Waals surface area (Å²) in [5.74, 6) is -3.56. The van der Waals surface area contributed by atoms with E-state index >= 15 is 0 Å². The number of amides is 2. The number of hydrogen-bond acceptors (Lipinski definition) is 4. The third kappa shape index (κ3) is 3.39. The molecule has 2 amide bonds. The van der Waals surface area contributed by atoms with Gasteiger partial charge in [-0.1, -0.05) is 0 Å². The van der Waals surface area contributed by atoms with E-state index in [1.54, 1.807) is 20.8 Å². The highest BCUT2D eigenvalue weighted by atomic mass is 19.3. The molecule has 144 valence electrons. The predicted molar refractivity (Wildman–Crippen MR) is 89.1 cm³/mol. The standard InChI is InChI=1S/C17H24F2N4O3/c1-10-6-12-11(7-22(10)15(25)26-16(2,3)4)13-14(24)21(5)8-17(18,19)9-23(13)20-12/h10H,6-9H2,1-5H3/t10-/m1/s1. The molecule has 0 saturated carbocycles. The van der Waals surface area contributed by atoms with Crippen molar-refractivity contribution in [3.63, 3.8) is 0 Å². The van der Waals surface area contributed by atoms with Crippen molar-refractivity contribution in [1.82, 2.24) is 19.6 Å². The average Bonchev–Trinajstić information content (AvgIpc) is 2.74. The first-order valence-corrected chi connectivity index (χ1v) is 8.59. The number of hydrogen-bond donors (Lipinski definition) is 0. The number of fused-ring (bicyclic) bond motifs is 3. The van der Waals surface area contributed by atoms with Crippen LogP contribution in [0.4, 0.5) is 13.6 Å². The fraction of sp³-hybridized carbons (Fsp3) is 0.706. The summed E-state index contributed by atoms with van der Waals surface area (Å²) in [6.07, 6.45) is -0.104. The Morgan fingerprint density at radius 2 is 1.96 bits per heavy atom. The molecule has 26 heavy (non-hydrogen) atoms. The summed E-state index contributed by atoms with van der Waals surface area (Å²) in [6.45, 7) is 5.99. The van der Waals surface area contributed by atoms with Gasteiger partial charge in [0, 0.05) is 25.1 Å². The van der Waals surface area contributed by atoms with Gasteiger partial charge in [0.05, 0.1) is 18.8 Å². The number of rotatable bonds is 0. The molecule has 0 unspecified atom stereocenters. The van der Waals surface area contributed by atoms with Crippen molar-refractivity contribution in [1.29, 1.82) is 0 Å². The third-order valence-corrected chi connectivity index (χ3v) is 4.51. The number of alkyl halides is 2. The number of carbonyl (C=O) groups is 2. The van der Waals surface area contributed by atoms with Crippen molar-refractivity contribution in [3.8, 4) is 0 Å². The van der Waals surface area contributed by atoms with Crippen molar-refractivity contribution in [2.24, 2.45) is 0 Å². The first-order chi connectivity index (χ1) is 11.9. The Morgan fingerprint density at radius 3 is 2.58 bits per heavy atom. The first-order valence-electron chi connectivity index (χ1n) is 8.59. The molecule has 9 heteroatoms. The Labute approximate surface area is 150 Å². The van der Waals surface area contributed by atoms with Gasteiger partial charge in [0.15, 0.2) is 0 Å². The molecule has 2 aliphatic heterocycles. The van der Waals surface area contributed by atoms with Crippen LogP contribution in [0, 0.1) is 0 Å². The summed E-state index contributed by atoms with van der Waals surface area (Å²) < 4.78 is 34.7. The lowest BCUT2D eigenvalue weighted by Gasteiger charge is -2.34. The summed E-state index contributed by atoms with van der Waals surface area (Å²) >= 11 is 0. The number of nitrogens with zero attached hydrogens (tertiary/aromatic N) is 4. The molecule has 0 aliphatic carbocycles. The van der Waals surface area contributed by atoms with Crippen LogP contribution < -0.4 is 0 Å². The number of aromatic nitrogens is 2. The molecule has 7 nitrogen and oxygen atoms in total. The molecule has 0 aromatic carbocycles. The highest BCUT2D eigenvalue weighted by molar-refractivity contribution is 5.94. The van der Waals surface area contributed by atoms with Gasteiger partial charge in [-0.15, -0.1) is 0 Å². The van der Waals surface area contributed by atoms with Gasteiger partial charge in [-0.05, 0) is 27.7 Å². The molecule has 0 fully saturated rings. The summed E-state index contributed by atoms with van der Waals surface area (Å²) in [6, 6.07) is -0.204. The topological polar surface area (TPSA) is 67.7 Å². The van der Waals surface area contributed by atoms with Crippen molar-refractivity contribution in [3.05, 3.63) is 17.0 Å². The second kappa shape index (κ2) is 5.92. The van der Waals surface area contributed by atoms with E-state index in [1.807, 2.05) is 6.92 Å². The summed E-state index contributed by atoms with van der Waals surface area (Å²) in [7, 11) is 1.35.